The molecular weight excluding hydrogens is 350 g/mol. The highest BCUT2D eigenvalue weighted by atomic mass is 16.5. The highest BCUT2D eigenvalue weighted by Crippen LogP contribution is 2.46. The third-order valence-corrected chi connectivity index (χ3v) is 5.95. The summed E-state index contributed by atoms with van der Waals surface area (Å²) in [5.41, 5.74) is 0.619. The normalized spacial score (nSPS) is 23.6. The van der Waals surface area contributed by atoms with Crippen LogP contribution in [0.5, 0.6) is 5.75 Å². The van der Waals surface area contributed by atoms with E-state index in [2.05, 4.69) is 0 Å². The van der Waals surface area contributed by atoms with Crippen LogP contribution < -0.4 is 9.64 Å². The number of hydrogen-bond acceptors (Lipinski definition) is 3. The van der Waals surface area contributed by atoms with Crippen LogP contribution >= 0.6 is 0 Å². The van der Waals surface area contributed by atoms with E-state index in [1.807, 2.05) is 48.5 Å². The summed E-state index contributed by atoms with van der Waals surface area (Å²) < 4.78 is 6.06. The van der Waals surface area contributed by atoms with Gasteiger partial charge in [-0.3, -0.25) is 9.69 Å². The van der Waals surface area contributed by atoms with Crippen LogP contribution in [-0.4, -0.2) is 17.6 Å². The second-order valence-corrected chi connectivity index (χ2v) is 7.90. The summed E-state index contributed by atoms with van der Waals surface area (Å²) in [5, 5.41) is 11.8. The summed E-state index contributed by atoms with van der Waals surface area (Å²) in [5.74, 6) is 0.510. The molecule has 0 radical (unpaired) electrons. The number of amides is 1. The molecule has 2 heterocycles. The largest absolute Gasteiger partial charge is 0.491 e. The lowest BCUT2D eigenvalue weighted by Gasteiger charge is -2.35. The zero-order valence-corrected chi connectivity index (χ0v) is 16.4. The van der Waals surface area contributed by atoms with Crippen molar-refractivity contribution < 1.29 is 14.6 Å². The van der Waals surface area contributed by atoms with Crippen LogP contribution in [0.4, 0.5) is 5.69 Å². The number of para-hydroxylation sites is 2. The second kappa shape index (κ2) is 8.36. The van der Waals surface area contributed by atoms with Gasteiger partial charge >= 0.3 is 0 Å². The molecule has 1 atom stereocenters. The molecule has 2 aliphatic rings. The van der Waals surface area contributed by atoms with Gasteiger partial charge in [0.15, 0.2) is 5.72 Å². The van der Waals surface area contributed by atoms with Crippen molar-refractivity contribution in [3.05, 3.63) is 59.7 Å². The number of carbonyl (C=O) groups is 1. The molecule has 1 amide bonds. The molecule has 148 valence electrons. The standard InChI is InChI=1S/C24H29NO3/c26-23-19-13-7-8-14-20(19)24(27)17-11-5-3-1-2-4-6-12-18-28-22-16-10-9-15-21(22)25(23)24/h7-10,13-16,27H,1-6,11-12,17-18H2. The van der Waals surface area contributed by atoms with Gasteiger partial charge in [-0.05, 0) is 31.0 Å². The Kier molecular flexibility index (Phi) is 5.67. The van der Waals surface area contributed by atoms with Crippen molar-refractivity contribution in [3.63, 3.8) is 0 Å². The van der Waals surface area contributed by atoms with E-state index >= 15 is 0 Å². The zero-order chi connectivity index (χ0) is 19.4. The molecule has 2 aromatic rings. The first-order valence-electron chi connectivity index (χ1n) is 10.6. The molecule has 4 heteroatoms. The Morgan fingerprint density at radius 3 is 2.29 bits per heavy atom. The summed E-state index contributed by atoms with van der Waals surface area (Å²) in [6.07, 6.45) is 9.58. The molecule has 0 bridgehead atoms. The minimum Gasteiger partial charge on any atom is -0.491 e. The van der Waals surface area contributed by atoms with E-state index in [4.69, 9.17) is 4.74 Å². The van der Waals surface area contributed by atoms with E-state index in [0.717, 1.165) is 19.3 Å². The maximum atomic E-state index is 13.3. The highest BCUT2D eigenvalue weighted by Gasteiger charge is 2.49. The van der Waals surface area contributed by atoms with Crippen LogP contribution in [0, 0.1) is 0 Å². The average Bonchev–Trinajstić information content (AvgIpc) is 2.93. The Morgan fingerprint density at radius 1 is 0.821 bits per heavy atom. The highest BCUT2D eigenvalue weighted by molar-refractivity contribution is 6.12. The smallest absolute Gasteiger partial charge is 0.261 e. The fourth-order valence-electron chi connectivity index (χ4n) is 4.46. The number of hydrogen-bond donors (Lipinski definition) is 1. The van der Waals surface area contributed by atoms with Gasteiger partial charge in [0.2, 0.25) is 0 Å². The van der Waals surface area contributed by atoms with Gasteiger partial charge in [0.25, 0.3) is 5.91 Å². The predicted molar refractivity (Wildman–Crippen MR) is 111 cm³/mol. The molecule has 4 nitrogen and oxygen atoms in total. The fraction of sp³-hybridized carbons (Fsp3) is 0.458. The molecule has 28 heavy (non-hydrogen) atoms. The number of ether oxygens (including phenoxy) is 1. The molecule has 4 rings (SSSR count). The third kappa shape index (κ3) is 3.53. The Morgan fingerprint density at radius 2 is 1.46 bits per heavy atom. The summed E-state index contributed by atoms with van der Waals surface area (Å²) >= 11 is 0. The first-order chi connectivity index (χ1) is 13.7. The number of aliphatic hydroxyl groups is 1. The lowest BCUT2D eigenvalue weighted by molar-refractivity contribution is 0.0286. The van der Waals surface area contributed by atoms with Crippen molar-refractivity contribution in [3.8, 4) is 5.75 Å². The van der Waals surface area contributed by atoms with Crippen LogP contribution in [0.1, 0.15) is 73.7 Å². The molecule has 1 N–H and O–H groups in total. The van der Waals surface area contributed by atoms with E-state index in [0.29, 0.717) is 35.6 Å². The fourth-order valence-corrected chi connectivity index (χ4v) is 4.46. The minimum atomic E-state index is -1.33. The van der Waals surface area contributed by atoms with Crippen molar-refractivity contribution in [2.24, 2.45) is 0 Å². The minimum absolute atomic E-state index is 0.154. The molecule has 2 aromatic carbocycles. The molecular formula is C24H29NO3. The number of benzene rings is 2. The maximum absolute atomic E-state index is 13.3. The lowest BCUT2D eigenvalue weighted by atomic mass is 9.94. The van der Waals surface area contributed by atoms with Gasteiger partial charge in [0, 0.05) is 17.5 Å². The molecule has 1 unspecified atom stereocenters. The summed E-state index contributed by atoms with van der Waals surface area (Å²) in [4.78, 5) is 14.9. The van der Waals surface area contributed by atoms with E-state index in [1.54, 1.807) is 4.90 Å². The van der Waals surface area contributed by atoms with E-state index in [9.17, 15) is 9.90 Å². The number of anilines is 1. The van der Waals surface area contributed by atoms with Gasteiger partial charge in [-0.1, -0.05) is 68.9 Å². The number of fused-ring (bicyclic) bond motifs is 5. The quantitative estimate of drug-likeness (QED) is 0.667. The average molecular weight is 380 g/mol. The number of carbonyl (C=O) groups excluding carboxylic acids is 1. The third-order valence-electron chi connectivity index (χ3n) is 5.95. The molecule has 0 aromatic heterocycles. The molecule has 0 saturated carbocycles. The topological polar surface area (TPSA) is 49.8 Å². The summed E-state index contributed by atoms with van der Waals surface area (Å²) in [6.45, 7) is 0.629. The Labute approximate surface area is 167 Å². The van der Waals surface area contributed by atoms with Crippen LogP contribution in [0.3, 0.4) is 0 Å². The second-order valence-electron chi connectivity index (χ2n) is 7.90. The van der Waals surface area contributed by atoms with Crippen LogP contribution in [0.2, 0.25) is 0 Å². The van der Waals surface area contributed by atoms with E-state index < -0.39 is 5.72 Å². The molecule has 0 fully saturated rings. The Hall–Kier alpha value is -2.33. The van der Waals surface area contributed by atoms with Crippen molar-refractivity contribution in [2.75, 3.05) is 11.5 Å². The van der Waals surface area contributed by atoms with Gasteiger partial charge in [-0.25, -0.2) is 0 Å². The lowest BCUT2D eigenvalue weighted by Crippen LogP contribution is -2.44. The van der Waals surface area contributed by atoms with Gasteiger partial charge in [0.05, 0.1) is 12.3 Å². The van der Waals surface area contributed by atoms with Gasteiger partial charge in [-0.15, -0.1) is 0 Å². The van der Waals surface area contributed by atoms with Crippen molar-refractivity contribution in [1.29, 1.82) is 0 Å². The van der Waals surface area contributed by atoms with Crippen molar-refractivity contribution >= 4 is 11.6 Å². The molecule has 0 aliphatic carbocycles. The Balaban J connectivity index is 1.74. The van der Waals surface area contributed by atoms with Crippen LogP contribution in [0.25, 0.3) is 0 Å². The van der Waals surface area contributed by atoms with Crippen LogP contribution in [-0.2, 0) is 5.72 Å². The van der Waals surface area contributed by atoms with Gasteiger partial charge in [0.1, 0.15) is 5.75 Å². The predicted octanol–water partition coefficient (Wildman–Crippen LogP) is 5.40. The van der Waals surface area contributed by atoms with Crippen molar-refractivity contribution in [1.82, 2.24) is 0 Å². The maximum Gasteiger partial charge on any atom is 0.261 e. The van der Waals surface area contributed by atoms with E-state index in [-0.39, 0.29) is 5.91 Å². The van der Waals surface area contributed by atoms with E-state index in [1.165, 1.54) is 32.1 Å². The molecule has 0 spiro atoms. The van der Waals surface area contributed by atoms with Crippen molar-refractivity contribution in [2.45, 2.75) is 63.5 Å². The monoisotopic (exact) mass is 379 g/mol. The Bertz CT molecular complexity index is 834. The van der Waals surface area contributed by atoms with Crippen LogP contribution in [0.15, 0.2) is 48.5 Å². The molecule has 2 aliphatic heterocycles. The summed E-state index contributed by atoms with van der Waals surface area (Å²) in [6, 6.07) is 15.0. The molecule has 0 saturated heterocycles. The first kappa shape index (κ1) is 19.0. The zero-order valence-electron chi connectivity index (χ0n) is 16.4. The summed E-state index contributed by atoms with van der Waals surface area (Å²) in [7, 11) is 0. The first-order valence-corrected chi connectivity index (χ1v) is 10.6. The number of nitrogens with zero attached hydrogens (tertiary/aromatic N) is 1. The van der Waals surface area contributed by atoms with Gasteiger partial charge < -0.3 is 9.84 Å². The SMILES string of the molecule is O=C1c2ccccc2C2(O)CCCCCCCCCCOc3ccccc3N12. The van der Waals surface area contributed by atoms with Gasteiger partial charge in [-0.2, -0.15) is 0 Å². The number of rotatable bonds is 0.